The molecule has 6 nitrogen and oxygen atoms in total. The van der Waals surface area contributed by atoms with Crippen molar-refractivity contribution in [2.45, 2.75) is 25.9 Å². The van der Waals surface area contributed by atoms with Crippen LogP contribution < -0.4 is 10.6 Å². The number of nitrogens with zero attached hydrogens (tertiary/aromatic N) is 1. The molecule has 2 amide bonds. The Bertz CT molecular complexity index is 489. The lowest BCUT2D eigenvalue weighted by atomic mass is 10.1. The van der Waals surface area contributed by atoms with Gasteiger partial charge in [0.2, 0.25) is 0 Å². The maximum atomic E-state index is 11.7. The van der Waals surface area contributed by atoms with E-state index in [1.807, 2.05) is 21.0 Å². The Morgan fingerprint density at radius 1 is 1.33 bits per heavy atom. The largest absolute Gasteiger partial charge is 0.478 e. The third kappa shape index (κ3) is 6.76. The van der Waals surface area contributed by atoms with Crippen LogP contribution in [0.5, 0.6) is 0 Å². The third-order valence-electron chi connectivity index (χ3n) is 3.01. The molecule has 3 N–H and O–H groups in total. The number of urea groups is 1. The monoisotopic (exact) mass is 293 g/mol. The molecule has 0 aliphatic carbocycles. The molecule has 21 heavy (non-hydrogen) atoms. The van der Waals surface area contributed by atoms with Crippen LogP contribution in [0.15, 0.2) is 24.3 Å². The van der Waals surface area contributed by atoms with Gasteiger partial charge in [0.1, 0.15) is 0 Å². The Hall–Kier alpha value is -2.08. The molecular formula is C15H23N3O3. The number of hydrogen-bond donors (Lipinski definition) is 3. The zero-order valence-corrected chi connectivity index (χ0v) is 12.7. The lowest BCUT2D eigenvalue weighted by Crippen LogP contribution is -2.41. The summed E-state index contributed by atoms with van der Waals surface area (Å²) < 4.78 is 0. The number of carboxylic acids is 1. The molecule has 0 heterocycles. The van der Waals surface area contributed by atoms with Crippen LogP contribution in [0.3, 0.4) is 0 Å². The van der Waals surface area contributed by atoms with Crippen LogP contribution >= 0.6 is 0 Å². The maximum Gasteiger partial charge on any atom is 0.335 e. The summed E-state index contributed by atoms with van der Waals surface area (Å²) in [6.07, 6.45) is 0.870. The van der Waals surface area contributed by atoms with Crippen molar-refractivity contribution in [3.63, 3.8) is 0 Å². The SMILES string of the molecule is CC(CCN(C)C)NC(=O)NCc1cccc(C(=O)O)c1. The van der Waals surface area contributed by atoms with E-state index in [9.17, 15) is 9.59 Å². The highest BCUT2D eigenvalue weighted by Gasteiger charge is 2.08. The van der Waals surface area contributed by atoms with Gasteiger partial charge in [-0.2, -0.15) is 0 Å². The molecule has 1 atom stereocenters. The van der Waals surface area contributed by atoms with E-state index in [2.05, 4.69) is 15.5 Å². The van der Waals surface area contributed by atoms with Gasteiger partial charge in [-0.1, -0.05) is 12.1 Å². The van der Waals surface area contributed by atoms with E-state index in [4.69, 9.17) is 5.11 Å². The number of amides is 2. The summed E-state index contributed by atoms with van der Waals surface area (Å²) in [7, 11) is 3.98. The molecule has 0 radical (unpaired) electrons. The summed E-state index contributed by atoms with van der Waals surface area (Å²) in [6, 6.07) is 6.35. The second-order valence-corrected chi connectivity index (χ2v) is 5.33. The van der Waals surface area contributed by atoms with Crippen molar-refractivity contribution < 1.29 is 14.7 Å². The lowest BCUT2D eigenvalue weighted by Gasteiger charge is -2.17. The molecule has 1 aromatic rings. The van der Waals surface area contributed by atoms with Gasteiger partial charge in [-0.25, -0.2) is 9.59 Å². The van der Waals surface area contributed by atoms with Gasteiger partial charge in [-0.05, 0) is 51.7 Å². The molecule has 0 saturated carbocycles. The minimum absolute atomic E-state index is 0.0813. The van der Waals surface area contributed by atoms with E-state index < -0.39 is 5.97 Å². The highest BCUT2D eigenvalue weighted by atomic mass is 16.4. The third-order valence-corrected chi connectivity index (χ3v) is 3.01. The topological polar surface area (TPSA) is 81.7 Å². The second kappa shape index (κ2) is 8.26. The number of carbonyl (C=O) groups excluding carboxylic acids is 1. The van der Waals surface area contributed by atoms with Crippen molar-refractivity contribution in [2.24, 2.45) is 0 Å². The number of nitrogens with one attached hydrogen (secondary N) is 2. The molecule has 0 spiro atoms. The zero-order valence-electron chi connectivity index (χ0n) is 12.7. The van der Waals surface area contributed by atoms with Crippen molar-refractivity contribution >= 4 is 12.0 Å². The van der Waals surface area contributed by atoms with Crippen molar-refractivity contribution in [1.29, 1.82) is 0 Å². The molecule has 0 saturated heterocycles. The first-order valence-electron chi connectivity index (χ1n) is 6.90. The second-order valence-electron chi connectivity index (χ2n) is 5.33. The van der Waals surface area contributed by atoms with Crippen LogP contribution in [0, 0.1) is 0 Å². The quantitative estimate of drug-likeness (QED) is 0.712. The van der Waals surface area contributed by atoms with E-state index in [-0.39, 0.29) is 17.6 Å². The van der Waals surface area contributed by atoms with Crippen molar-refractivity contribution in [3.05, 3.63) is 35.4 Å². The standard InChI is InChI=1S/C15H23N3O3/c1-11(7-8-18(2)3)17-15(21)16-10-12-5-4-6-13(9-12)14(19)20/h4-6,9,11H,7-8,10H2,1-3H3,(H,19,20)(H2,16,17,21). The van der Waals surface area contributed by atoms with Crippen LogP contribution in [-0.2, 0) is 6.54 Å². The number of benzene rings is 1. The first kappa shape index (κ1) is 17.0. The minimum atomic E-state index is -0.974. The smallest absolute Gasteiger partial charge is 0.335 e. The summed E-state index contributed by atoms with van der Waals surface area (Å²) in [6.45, 7) is 3.16. The predicted octanol–water partition coefficient (Wildman–Crippen LogP) is 1.52. The van der Waals surface area contributed by atoms with Crippen LogP contribution in [0.4, 0.5) is 4.79 Å². The number of aromatic carboxylic acids is 1. The summed E-state index contributed by atoms with van der Waals surface area (Å²) >= 11 is 0. The Morgan fingerprint density at radius 3 is 2.67 bits per heavy atom. The average molecular weight is 293 g/mol. The summed E-state index contributed by atoms with van der Waals surface area (Å²) in [5.41, 5.74) is 0.972. The minimum Gasteiger partial charge on any atom is -0.478 e. The number of rotatable bonds is 7. The van der Waals surface area contributed by atoms with Crippen LogP contribution in [0.2, 0.25) is 0 Å². The molecule has 1 rings (SSSR count). The van der Waals surface area contributed by atoms with Gasteiger partial charge < -0.3 is 20.6 Å². The Kier molecular flexibility index (Phi) is 6.68. The van der Waals surface area contributed by atoms with Gasteiger partial charge in [0.15, 0.2) is 0 Å². The van der Waals surface area contributed by atoms with E-state index in [1.165, 1.54) is 6.07 Å². The molecule has 0 aliphatic heterocycles. The summed E-state index contributed by atoms with van der Waals surface area (Å²) in [4.78, 5) is 24.7. The molecule has 116 valence electrons. The van der Waals surface area contributed by atoms with E-state index >= 15 is 0 Å². The molecule has 0 aromatic heterocycles. The number of carboxylic acid groups (broad SMARTS) is 1. The normalized spacial score (nSPS) is 12.0. The molecule has 0 bridgehead atoms. The lowest BCUT2D eigenvalue weighted by molar-refractivity contribution is 0.0696. The van der Waals surface area contributed by atoms with Gasteiger partial charge in [0, 0.05) is 12.6 Å². The molecule has 0 aliphatic rings. The van der Waals surface area contributed by atoms with Crippen LogP contribution in [-0.4, -0.2) is 48.7 Å². The van der Waals surface area contributed by atoms with Gasteiger partial charge in [0.25, 0.3) is 0 Å². The number of hydrogen-bond acceptors (Lipinski definition) is 3. The van der Waals surface area contributed by atoms with E-state index in [0.717, 1.165) is 18.5 Å². The average Bonchev–Trinajstić information content (AvgIpc) is 2.43. The highest BCUT2D eigenvalue weighted by Crippen LogP contribution is 2.05. The van der Waals surface area contributed by atoms with Crippen molar-refractivity contribution in [2.75, 3.05) is 20.6 Å². The first-order valence-corrected chi connectivity index (χ1v) is 6.90. The van der Waals surface area contributed by atoms with Crippen LogP contribution in [0.25, 0.3) is 0 Å². The summed E-state index contributed by atoms with van der Waals surface area (Å²) in [5.74, 6) is -0.974. The zero-order chi connectivity index (χ0) is 15.8. The van der Waals surface area contributed by atoms with Gasteiger partial charge in [-0.15, -0.1) is 0 Å². The fourth-order valence-corrected chi connectivity index (χ4v) is 1.80. The van der Waals surface area contributed by atoms with E-state index in [1.54, 1.807) is 18.2 Å². The molecule has 6 heteroatoms. The molecule has 1 unspecified atom stereocenters. The van der Waals surface area contributed by atoms with E-state index in [0.29, 0.717) is 6.54 Å². The molecule has 0 fully saturated rings. The van der Waals surface area contributed by atoms with Crippen molar-refractivity contribution in [3.8, 4) is 0 Å². The first-order chi connectivity index (χ1) is 9.88. The van der Waals surface area contributed by atoms with Gasteiger partial charge in [-0.3, -0.25) is 0 Å². The van der Waals surface area contributed by atoms with Gasteiger partial charge >= 0.3 is 12.0 Å². The van der Waals surface area contributed by atoms with Crippen LogP contribution in [0.1, 0.15) is 29.3 Å². The predicted molar refractivity (Wildman–Crippen MR) is 81.4 cm³/mol. The Balaban J connectivity index is 2.39. The van der Waals surface area contributed by atoms with Crippen molar-refractivity contribution in [1.82, 2.24) is 15.5 Å². The Morgan fingerprint density at radius 2 is 2.05 bits per heavy atom. The maximum absolute atomic E-state index is 11.7. The molecule has 1 aromatic carbocycles. The number of carbonyl (C=O) groups is 2. The Labute approximate surface area is 125 Å². The van der Waals surface area contributed by atoms with Gasteiger partial charge in [0.05, 0.1) is 5.56 Å². The fraction of sp³-hybridized carbons (Fsp3) is 0.467. The molecular weight excluding hydrogens is 270 g/mol. The fourth-order valence-electron chi connectivity index (χ4n) is 1.80. The summed E-state index contributed by atoms with van der Waals surface area (Å²) in [5, 5.41) is 14.5. The highest BCUT2D eigenvalue weighted by molar-refractivity contribution is 5.87.